The Labute approximate surface area is 96.8 Å². The van der Waals surface area contributed by atoms with Crippen molar-refractivity contribution < 1.29 is 9.47 Å². The van der Waals surface area contributed by atoms with Crippen LogP contribution in [0.1, 0.15) is 18.4 Å². The third-order valence-electron chi connectivity index (χ3n) is 2.62. The Balaban J connectivity index is 2.02. The maximum Gasteiger partial charge on any atom is 0.142 e. The Hall–Kier alpha value is -1.22. The Morgan fingerprint density at radius 3 is 2.81 bits per heavy atom. The number of nitrogens with one attached hydrogen (secondary N) is 1. The summed E-state index contributed by atoms with van der Waals surface area (Å²) in [5.41, 5.74) is 2.32. The maximum absolute atomic E-state index is 5.70. The van der Waals surface area contributed by atoms with Crippen LogP contribution in [0.25, 0.3) is 0 Å². The first kappa shape index (κ1) is 11.3. The number of anilines is 1. The van der Waals surface area contributed by atoms with Crippen LogP contribution in [0.5, 0.6) is 5.75 Å². The van der Waals surface area contributed by atoms with Crippen LogP contribution < -0.4 is 10.1 Å². The van der Waals surface area contributed by atoms with E-state index >= 15 is 0 Å². The zero-order valence-corrected chi connectivity index (χ0v) is 9.95. The number of hydrogen-bond acceptors (Lipinski definition) is 3. The zero-order valence-electron chi connectivity index (χ0n) is 9.95. The predicted octanol–water partition coefficient (Wildman–Crippen LogP) is 2.59. The van der Waals surface area contributed by atoms with Gasteiger partial charge in [0.25, 0.3) is 0 Å². The molecule has 1 saturated carbocycles. The van der Waals surface area contributed by atoms with E-state index in [9.17, 15) is 0 Å². The highest BCUT2D eigenvalue weighted by Crippen LogP contribution is 2.31. The fourth-order valence-electron chi connectivity index (χ4n) is 1.55. The Morgan fingerprint density at radius 1 is 1.31 bits per heavy atom. The smallest absolute Gasteiger partial charge is 0.142 e. The second-order valence-corrected chi connectivity index (χ2v) is 4.26. The van der Waals surface area contributed by atoms with Crippen LogP contribution in [-0.4, -0.2) is 26.4 Å². The lowest BCUT2D eigenvalue weighted by Crippen LogP contribution is -2.08. The summed E-state index contributed by atoms with van der Waals surface area (Å²) in [6.07, 6.45) is 2.54. The third kappa shape index (κ3) is 3.14. The molecule has 1 aliphatic carbocycles. The third-order valence-corrected chi connectivity index (χ3v) is 2.62. The van der Waals surface area contributed by atoms with E-state index in [-0.39, 0.29) is 0 Å². The summed E-state index contributed by atoms with van der Waals surface area (Å²) in [7, 11) is 1.68. The number of hydrogen-bond donors (Lipinski definition) is 1. The van der Waals surface area contributed by atoms with Gasteiger partial charge in [0.2, 0.25) is 0 Å². The van der Waals surface area contributed by atoms with E-state index in [0.29, 0.717) is 19.3 Å². The summed E-state index contributed by atoms with van der Waals surface area (Å²) in [6.45, 7) is 3.29. The summed E-state index contributed by atoms with van der Waals surface area (Å²) < 4.78 is 10.7. The molecule has 1 aromatic rings. The summed E-state index contributed by atoms with van der Waals surface area (Å²) in [5, 5.41) is 3.47. The second kappa shape index (κ2) is 5.21. The van der Waals surface area contributed by atoms with Crippen molar-refractivity contribution in [2.75, 3.05) is 25.6 Å². The van der Waals surface area contributed by atoms with Crippen molar-refractivity contribution in [2.24, 2.45) is 0 Å². The second-order valence-electron chi connectivity index (χ2n) is 4.26. The Morgan fingerprint density at radius 2 is 2.12 bits per heavy atom. The van der Waals surface area contributed by atoms with E-state index in [1.54, 1.807) is 7.11 Å². The SMILES string of the molecule is COCCOc1cc(C)ccc1NC1CC1. The first-order valence-corrected chi connectivity index (χ1v) is 5.78. The minimum atomic E-state index is 0.597. The summed E-state index contributed by atoms with van der Waals surface area (Å²) in [5.74, 6) is 0.934. The van der Waals surface area contributed by atoms with Gasteiger partial charge in [-0.05, 0) is 37.5 Å². The minimum Gasteiger partial charge on any atom is -0.489 e. The monoisotopic (exact) mass is 221 g/mol. The lowest BCUT2D eigenvalue weighted by molar-refractivity contribution is 0.146. The molecule has 0 atom stereocenters. The molecule has 3 heteroatoms. The molecule has 0 aromatic heterocycles. The van der Waals surface area contributed by atoms with Crippen LogP contribution in [-0.2, 0) is 4.74 Å². The quantitative estimate of drug-likeness (QED) is 0.749. The van der Waals surface area contributed by atoms with Crippen molar-refractivity contribution in [3.8, 4) is 5.75 Å². The number of rotatable bonds is 6. The van der Waals surface area contributed by atoms with Gasteiger partial charge in [-0.2, -0.15) is 0 Å². The molecule has 0 heterocycles. The number of ether oxygens (including phenoxy) is 2. The van der Waals surface area contributed by atoms with Gasteiger partial charge in [0.1, 0.15) is 12.4 Å². The molecule has 2 rings (SSSR count). The number of aryl methyl sites for hydroxylation is 1. The van der Waals surface area contributed by atoms with E-state index in [1.165, 1.54) is 18.4 Å². The maximum atomic E-state index is 5.70. The van der Waals surface area contributed by atoms with E-state index in [1.807, 2.05) is 0 Å². The highest BCUT2D eigenvalue weighted by molar-refractivity contribution is 5.58. The van der Waals surface area contributed by atoms with Gasteiger partial charge >= 0.3 is 0 Å². The molecule has 1 aliphatic rings. The summed E-state index contributed by atoms with van der Waals surface area (Å²) >= 11 is 0. The molecule has 0 aliphatic heterocycles. The van der Waals surface area contributed by atoms with E-state index in [2.05, 4.69) is 30.4 Å². The van der Waals surface area contributed by atoms with Crippen LogP contribution >= 0.6 is 0 Å². The zero-order chi connectivity index (χ0) is 11.4. The molecule has 1 N–H and O–H groups in total. The van der Waals surface area contributed by atoms with Crippen molar-refractivity contribution in [3.05, 3.63) is 23.8 Å². The van der Waals surface area contributed by atoms with E-state index in [4.69, 9.17) is 9.47 Å². The fourth-order valence-corrected chi connectivity index (χ4v) is 1.55. The van der Waals surface area contributed by atoms with Crippen molar-refractivity contribution >= 4 is 5.69 Å². The van der Waals surface area contributed by atoms with Gasteiger partial charge in [0.15, 0.2) is 0 Å². The van der Waals surface area contributed by atoms with Crippen LogP contribution in [0.3, 0.4) is 0 Å². The van der Waals surface area contributed by atoms with Crippen LogP contribution in [0.4, 0.5) is 5.69 Å². The van der Waals surface area contributed by atoms with Crippen LogP contribution in [0.2, 0.25) is 0 Å². The first-order chi connectivity index (χ1) is 7.79. The van der Waals surface area contributed by atoms with Gasteiger partial charge < -0.3 is 14.8 Å². The van der Waals surface area contributed by atoms with Crippen LogP contribution in [0, 0.1) is 6.92 Å². The van der Waals surface area contributed by atoms with Gasteiger partial charge in [-0.15, -0.1) is 0 Å². The minimum absolute atomic E-state index is 0.597. The summed E-state index contributed by atoms with van der Waals surface area (Å²) in [4.78, 5) is 0. The number of benzene rings is 1. The average Bonchev–Trinajstić information content (AvgIpc) is 3.06. The van der Waals surface area contributed by atoms with Gasteiger partial charge in [-0.1, -0.05) is 6.07 Å². The standard InChI is InChI=1S/C13H19NO2/c1-10-3-6-12(14-11-4-5-11)13(9-10)16-8-7-15-2/h3,6,9,11,14H,4-5,7-8H2,1-2H3. The molecule has 16 heavy (non-hydrogen) atoms. The van der Waals surface area contributed by atoms with Gasteiger partial charge in [0.05, 0.1) is 12.3 Å². The largest absolute Gasteiger partial charge is 0.489 e. The van der Waals surface area contributed by atoms with Crippen molar-refractivity contribution in [1.29, 1.82) is 0 Å². The predicted molar refractivity (Wildman–Crippen MR) is 65.2 cm³/mol. The van der Waals surface area contributed by atoms with Crippen molar-refractivity contribution in [3.63, 3.8) is 0 Å². The molecule has 0 amide bonds. The Bertz CT molecular complexity index is 348. The van der Waals surface area contributed by atoms with E-state index in [0.717, 1.165) is 11.4 Å². The lowest BCUT2D eigenvalue weighted by atomic mass is 10.2. The molecule has 0 unspecified atom stereocenters. The van der Waals surface area contributed by atoms with E-state index < -0.39 is 0 Å². The van der Waals surface area contributed by atoms with Gasteiger partial charge in [0, 0.05) is 13.2 Å². The average molecular weight is 221 g/mol. The fraction of sp³-hybridized carbons (Fsp3) is 0.538. The number of methoxy groups -OCH3 is 1. The summed E-state index contributed by atoms with van der Waals surface area (Å²) in [6, 6.07) is 6.91. The van der Waals surface area contributed by atoms with Gasteiger partial charge in [-0.3, -0.25) is 0 Å². The molecule has 3 nitrogen and oxygen atoms in total. The molecule has 0 spiro atoms. The molecule has 88 valence electrons. The molecule has 1 aromatic carbocycles. The lowest BCUT2D eigenvalue weighted by Gasteiger charge is -2.13. The normalized spacial score (nSPS) is 14.9. The van der Waals surface area contributed by atoms with Gasteiger partial charge in [-0.25, -0.2) is 0 Å². The molecule has 0 radical (unpaired) electrons. The molecule has 0 bridgehead atoms. The molecule has 0 saturated heterocycles. The Kier molecular flexibility index (Phi) is 3.67. The molecular weight excluding hydrogens is 202 g/mol. The first-order valence-electron chi connectivity index (χ1n) is 5.78. The molecule has 1 fully saturated rings. The van der Waals surface area contributed by atoms with Crippen molar-refractivity contribution in [1.82, 2.24) is 0 Å². The topological polar surface area (TPSA) is 30.5 Å². The highest BCUT2D eigenvalue weighted by atomic mass is 16.5. The van der Waals surface area contributed by atoms with Crippen molar-refractivity contribution in [2.45, 2.75) is 25.8 Å². The van der Waals surface area contributed by atoms with Crippen LogP contribution in [0.15, 0.2) is 18.2 Å². The molecular formula is C13H19NO2. The highest BCUT2D eigenvalue weighted by Gasteiger charge is 2.22.